The molecule has 5 aromatic rings. The van der Waals surface area contributed by atoms with Crippen LogP contribution in [0.4, 0.5) is 28.4 Å². The fraction of sp³-hybridized carbons (Fsp3) is 0.514. The van der Waals surface area contributed by atoms with Crippen molar-refractivity contribution in [3.05, 3.63) is 198 Å². The number of esters is 4. The second-order valence-electron chi connectivity index (χ2n) is 30.2. The van der Waals surface area contributed by atoms with Crippen molar-refractivity contribution in [1.82, 2.24) is 0 Å². The quantitative estimate of drug-likeness (QED) is 0.0363. The van der Waals surface area contributed by atoms with Gasteiger partial charge in [0.15, 0.2) is 0 Å². The number of aliphatic hydroxyl groups excluding tert-OH is 2. The Kier molecular flexibility index (Phi) is 23.5. The number of nitrogens with zero attached hydrogens (tertiary/aromatic N) is 5. The zero-order valence-electron chi connectivity index (χ0n) is 57.5. The van der Waals surface area contributed by atoms with Gasteiger partial charge >= 0.3 is 23.9 Å². The highest BCUT2D eigenvalue weighted by atomic mass is 127. The Labute approximate surface area is 571 Å². The Balaban J connectivity index is 0.000000228. The summed E-state index contributed by atoms with van der Waals surface area (Å²) in [7, 11) is 0. The molecule has 2 heterocycles. The van der Waals surface area contributed by atoms with E-state index in [1.54, 1.807) is 91.0 Å². The Bertz CT molecular complexity index is 3570. The van der Waals surface area contributed by atoms with Gasteiger partial charge < -0.3 is 29.2 Å². The summed E-state index contributed by atoms with van der Waals surface area (Å²) in [6.07, 6.45) is -1.54. The van der Waals surface area contributed by atoms with Gasteiger partial charge in [-0.1, -0.05) is 171 Å². The Morgan fingerprint density at radius 1 is 0.417 bits per heavy atom. The first-order valence-corrected chi connectivity index (χ1v) is 32.1. The predicted molar refractivity (Wildman–Crippen MR) is 363 cm³/mol. The van der Waals surface area contributed by atoms with Gasteiger partial charge in [0.1, 0.15) is 12.2 Å². The number of carbonyl (C=O) groups excluding carboxylic acids is 4. The summed E-state index contributed by atoms with van der Waals surface area (Å²) in [5.41, 5.74) is -6.44. The molecular weight excluding hydrogens is 1360 g/mol. The number of nitro benzene ring substituents is 5. The van der Waals surface area contributed by atoms with Crippen LogP contribution in [0.25, 0.3) is 0 Å². The number of para-hydroxylation sites is 5. The maximum Gasteiger partial charge on any atom is 0.351 e. The number of halogens is 1. The highest BCUT2D eigenvalue weighted by Gasteiger charge is 2.78. The summed E-state index contributed by atoms with van der Waals surface area (Å²) in [6.45, 7) is 33.2. The molecule has 9 rings (SSSR count). The third kappa shape index (κ3) is 15.5. The van der Waals surface area contributed by atoms with Crippen LogP contribution >= 0.6 is 22.6 Å². The molecule has 4 aliphatic rings. The lowest BCUT2D eigenvalue weighted by molar-refractivity contribution is -0.386. The van der Waals surface area contributed by atoms with Crippen molar-refractivity contribution in [3.8, 4) is 0 Å². The molecule has 2 aliphatic heterocycles. The van der Waals surface area contributed by atoms with E-state index in [9.17, 15) is 80.0 Å². The van der Waals surface area contributed by atoms with E-state index in [0.29, 0.717) is 51.5 Å². The number of nitro groups is 5. The molecule has 5 aromatic carbocycles. The molecule has 2 saturated heterocycles. The summed E-state index contributed by atoms with van der Waals surface area (Å²) >= 11 is 1.93. The van der Waals surface area contributed by atoms with E-state index in [-0.39, 0.29) is 33.4 Å². The minimum absolute atomic E-state index is 0.0278. The van der Waals surface area contributed by atoms with Crippen LogP contribution in [-0.4, -0.2) is 69.9 Å². The number of benzene rings is 5. The molecule has 8 atom stereocenters. The van der Waals surface area contributed by atoms with Gasteiger partial charge in [0.2, 0.25) is 11.2 Å². The molecule has 2 aliphatic carbocycles. The third-order valence-electron chi connectivity index (χ3n) is 19.2. The van der Waals surface area contributed by atoms with Gasteiger partial charge in [-0.25, -0.2) is 9.59 Å². The normalized spacial score (nSPS) is 22.3. The summed E-state index contributed by atoms with van der Waals surface area (Å²) in [5, 5.41) is 74.7. The Hall–Kier alpha value is -8.37. The Morgan fingerprint density at radius 2 is 0.656 bits per heavy atom. The third-order valence-corrected chi connectivity index (χ3v) is 20.1. The van der Waals surface area contributed by atoms with Gasteiger partial charge in [-0.05, 0) is 103 Å². The van der Waals surface area contributed by atoms with E-state index >= 15 is 0 Å². The lowest BCUT2D eigenvalue weighted by Gasteiger charge is -2.38. The van der Waals surface area contributed by atoms with Crippen molar-refractivity contribution in [2.45, 2.75) is 186 Å². The van der Waals surface area contributed by atoms with Crippen molar-refractivity contribution >= 4 is 74.9 Å². The van der Waals surface area contributed by atoms with Crippen LogP contribution in [0.2, 0.25) is 0 Å². The first-order valence-electron chi connectivity index (χ1n) is 31.0. The van der Waals surface area contributed by atoms with Crippen molar-refractivity contribution < 1.29 is 73.0 Å². The van der Waals surface area contributed by atoms with Gasteiger partial charge in [0, 0.05) is 52.0 Å². The number of hydrogen-bond acceptors (Lipinski definition) is 20. The topological polar surface area (TPSA) is 361 Å². The minimum atomic E-state index is -1.37. The van der Waals surface area contributed by atoms with Gasteiger partial charge in [-0.15, -0.1) is 0 Å². The molecule has 2 unspecified atom stereocenters. The first kappa shape index (κ1) is 78.3. The minimum Gasteiger partial charge on any atom is -0.454 e. The number of rotatable bonds is 13. The van der Waals surface area contributed by atoms with E-state index in [1.165, 1.54) is 30.3 Å². The van der Waals surface area contributed by atoms with Crippen molar-refractivity contribution in [1.29, 1.82) is 0 Å². The van der Waals surface area contributed by atoms with Gasteiger partial charge in [0.25, 0.3) is 28.4 Å². The molecule has 0 spiro atoms. The smallest absolute Gasteiger partial charge is 0.351 e. The summed E-state index contributed by atoms with van der Waals surface area (Å²) in [5.74, 6) is -2.05. The largest absolute Gasteiger partial charge is 0.454 e. The monoisotopic (exact) mass is 1450 g/mol. The molecule has 0 radical (unpaired) electrons. The molecule has 520 valence electrons. The molecular formula is C70H88IN5O20. The average Bonchev–Trinajstić information content (AvgIpc) is 1.53. The van der Waals surface area contributed by atoms with Crippen LogP contribution in [-0.2, 0) is 38.1 Å². The number of hydrogen-bond donors (Lipinski definition) is 2. The van der Waals surface area contributed by atoms with E-state index in [1.807, 2.05) is 147 Å². The fourth-order valence-corrected chi connectivity index (χ4v) is 12.9. The second kappa shape index (κ2) is 28.8. The molecule has 96 heavy (non-hydrogen) atoms. The molecule has 2 saturated carbocycles. The number of aliphatic hydroxyl groups is 2. The maximum absolute atomic E-state index is 13.4. The Morgan fingerprint density at radius 3 is 0.865 bits per heavy atom. The van der Waals surface area contributed by atoms with E-state index < -0.39 is 123 Å². The van der Waals surface area contributed by atoms with E-state index in [4.69, 9.17) is 18.9 Å². The molecule has 4 fully saturated rings. The average molecular weight is 1450 g/mol. The van der Waals surface area contributed by atoms with Gasteiger partial charge in [0.05, 0.1) is 73.5 Å². The van der Waals surface area contributed by atoms with Crippen molar-refractivity contribution in [2.75, 3.05) is 0 Å². The number of carbonyl (C=O) groups is 4. The standard InChI is InChI=1S/2C21H27NO6.2C11H15NO3.C6H4INO2/c2*1-18(2,3)15(13-9-7-8-10-14(13)22(25)26)27-17(24)21-12-11-20(6,16(23)28-21)19(21,4)5;2*1-11(2,3)10(13)8-6-4-5-7-9(8)12(14)15;7-5-3-1-2-4-6(5)8(9)10/h2*7-10,15H,11-12H2,1-6H3;2*4-7,10,13H,1-3H3;1-4H/t15?,20-,21+;15-,20+,21-;10-;;/m011../s1. The first-order chi connectivity index (χ1) is 43.9. The molecule has 26 heteroatoms. The maximum atomic E-state index is 13.4. The summed E-state index contributed by atoms with van der Waals surface area (Å²) < 4.78 is 23.7. The van der Waals surface area contributed by atoms with Crippen LogP contribution in [0.1, 0.15) is 197 Å². The van der Waals surface area contributed by atoms with Crippen LogP contribution in [0.3, 0.4) is 0 Å². The van der Waals surface area contributed by atoms with Crippen molar-refractivity contribution in [3.63, 3.8) is 0 Å². The van der Waals surface area contributed by atoms with E-state index in [2.05, 4.69) is 0 Å². The summed E-state index contributed by atoms with van der Waals surface area (Å²) in [6, 6.07) is 31.7. The van der Waals surface area contributed by atoms with Crippen LogP contribution in [0.5, 0.6) is 0 Å². The highest BCUT2D eigenvalue weighted by Crippen LogP contribution is 2.67. The predicted octanol–water partition coefficient (Wildman–Crippen LogP) is 16.2. The number of ether oxygens (including phenoxy) is 4. The molecule has 0 amide bonds. The molecule has 2 N–H and O–H groups in total. The van der Waals surface area contributed by atoms with Gasteiger partial charge in [-0.2, -0.15) is 0 Å². The van der Waals surface area contributed by atoms with Crippen LogP contribution in [0.15, 0.2) is 121 Å². The summed E-state index contributed by atoms with van der Waals surface area (Å²) in [4.78, 5) is 104. The lowest BCUT2D eigenvalue weighted by atomic mass is 9.66. The number of fused-ring (bicyclic) bond motifs is 4. The molecule has 4 bridgehead atoms. The zero-order chi connectivity index (χ0) is 73.1. The highest BCUT2D eigenvalue weighted by molar-refractivity contribution is 14.1. The fourth-order valence-electron chi connectivity index (χ4n) is 12.3. The van der Waals surface area contributed by atoms with Gasteiger partial charge in [-0.3, -0.25) is 60.2 Å². The van der Waals surface area contributed by atoms with E-state index in [0.717, 1.165) is 0 Å². The molecule has 25 nitrogen and oxygen atoms in total. The van der Waals surface area contributed by atoms with Crippen LogP contribution < -0.4 is 0 Å². The zero-order valence-corrected chi connectivity index (χ0v) is 59.7. The second-order valence-corrected chi connectivity index (χ2v) is 31.3. The van der Waals surface area contributed by atoms with Crippen molar-refractivity contribution in [2.24, 2.45) is 43.3 Å². The van der Waals surface area contributed by atoms with Crippen LogP contribution in [0, 0.1) is 97.5 Å². The SMILES string of the molecule is CC(C)(C)C(O)c1ccccc1[N+](=O)[O-].CC(C)(C)C(OC(=O)[C@@]12CC[C@@](C)(C(=O)O1)C2(C)C)c1ccccc1[N+](=O)[O-].CC(C)(C)[C@H](O)c1ccccc1[N+](=O)[O-].CC(C)(C)[C@H](OC(=O)[C@@]12CC[C@@](C)(C(=O)O1)C2(C)C)c1ccccc1[N+](=O)[O-].O=[N+]([O-])c1ccccc1I. The lowest BCUT2D eigenvalue weighted by Crippen LogP contribution is -2.49. The molecule has 0 aromatic heterocycles.